The van der Waals surface area contributed by atoms with Gasteiger partial charge in [-0.1, -0.05) is 94.3 Å². The number of aryl methyl sites for hydroxylation is 1. The van der Waals surface area contributed by atoms with E-state index in [0.29, 0.717) is 27.8 Å². The standard InChI is InChI=1S/C31H24Br2N2O3/c1-20-9-8-10-21(15-20)30(37)38-28-22(16-25(32)17-27(28)33)19-34-35-29(36)26-18-31(26,23-11-4-2-5-12-23)24-13-6-3-7-14-24/h2-17,19,26H,18H2,1H3,(H,35,36)/b34-19-/t26-/m1/s1. The summed E-state index contributed by atoms with van der Waals surface area (Å²) in [6, 6.07) is 31.0. The summed E-state index contributed by atoms with van der Waals surface area (Å²) in [4.78, 5) is 26.0. The molecule has 0 saturated heterocycles. The van der Waals surface area contributed by atoms with Crippen molar-refractivity contribution >= 4 is 50.0 Å². The smallest absolute Gasteiger partial charge is 0.343 e. The van der Waals surface area contributed by atoms with Crippen LogP contribution in [0.2, 0.25) is 0 Å². The van der Waals surface area contributed by atoms with Crippen molar-refractivity contribution in [2.24, 2.45) is 11.0 Å². The van der Waals surface area contributed by atoms with Gasteiger partial charge in [0, 0.05) is 15.5 Å². The van der Waals surface area contributed by atoms with E-state index in [1.807, 2.05) is 55.5 Å². The third-order valence-corrected chi connectivity index (χ3v) is 7.77. The molecule has 1 saturated carbocycles. The van der Waals surface area contributed by atoms with Crippen LogP contribution in [0.25, 0.3) is 0 Å². The van der Waals surface area contributed by atoms with Crippen molar-refractivity contribution in [2.75, 3.05) is 0 Å². The van der Waals surface area contributed by atoms with Gasteiger partial charge < -0.3 is 4.74 Å². The van der Waals surface area contributed by atoms with Gasteiger partial charge in [0.2, 0.25) is 5.91 Å². The fraction of sp³-hybridized carbons (Fsp3) is 0.129. The Kier molecular flexibility index (Phi) is 7.58. The summed E-state index contributed by atoms with van der Waals surface area (Å²) in [7, 11) is 0. The van der Waals surface area contributed by atoms with E-state index in [9.17, 15) is 9.59 Å². The van der Waals surface area contributed by atoms with Gasteiger partial charge in [-0.15, -0.1) is 0 Å². The molecule has 5 nitrogen and oxygen atoms in total. The van der Waals surface area contributed by atoms with E-state index in [1.165, 1.54) is 6.21 Å². The monoisotopic (exact) mass is 630 g/mol. The number of rotatable bonds is 7. The van der Waals surface area contributed by atoms with Gasteiger partial charge in [-0.2, -0.15) is 5.10 Å². The number of carbonyl (C=O) groups is 2. The van der Waals surface area contributed by atoms with E-state index < -0.39 is 5.97 Å². The van der Waals surface area contributed by atoms with Crippen molar-refractivity contribution in [3.8, 4) is 5.75 Å². The zero-order valence-corrected chi connectivity index (χ0v) is 23.7. The van der Waals surface area contributed by atoms with Gasteiger partial charge in [-0.25, -0.2) is 10.2 Å². The summed E-state index contributed by atoms with van der Waals surface area (Å²) in [5.41, 5.74) is 6.48. The molecular formula is C31H24Br2N2O3. The lowest BCUT2D eigenvalue weighted by molar-refractivity contribution is -0.122. The van der Waals surface area contributed by atoms with Crippen molar-refractivity contribution in [3.05, 3.63) is 134 Å². The number of hydrogen-bond acceptors (Lipinski definition) is 4. The lowest BCUT2D eigenvalue weighted by Crippen LogP contribution is -2.25. The molecule has 1 amide bonds. The van der Waals surface area contributed by atoms with E-state index in [2.05, 4.69) is 66.7 Å². The minimum absolute atomic E-state index is 0.165. The van der Waals surface area contributed by atoms with E-state index in [4.69, 9.17) is 4.74 Å². The number of esters is 1. The second-order valence-electron chi connectivity index (χ2n) is 9.26. The predicted molar refractivity (Wildman–Crippen MR) is 155 cm³/mol. The average Bonchev–Trinajstić information content (AvgIpc) is 3.69. The molecule has 1 aliphatic rings. The van der Waals surface area contributed by atoms with Crippen molar-refractivity contribution in [1.29, 1.82) is 0 Å². The number of nitrogens with zero attached hydrogens (tertiary/aromatic N) is 1. The molecule has 0 spiro atoms. The Bertz CT molecular complexity index is 1480. The van der Waals surface area contributed by atoms with Crippen LogP contribution in [0.15, 0.2) is 111 Å². The molecule has 1 aliphatic carbocycles. The number of carbonyl (C=O) groups excluding carboxylic acids is 2. The molecule has 1 atom stereocenters. The third kappa shape index (κ3) is 5.35. The van der Waals surface area contributed by atoms with Crippen molar-refractivity contribution in [3.63, 3.8) is 0 Å². The quantitative estimate of drug-likeness (QED) is 0.102. The van der Waals surface area contributed by atoms with E-state index in [0.717, 1.165) is 21.2 Å². The highest BCUT2D eigenvalue weighted by molar-refractivity contribution is 9.11. The van der Waals surface area contributed by atoms with Crippen LogP contribution in [0.5, 0.6) is 5.75 Å². The molecule has 0 unspecified atom stereocenters. The molecule has 0 aromatic heterocycles. The normalized spacial score (nSPS) is 15.7. The summed E-state index contributed by atoms with van der Waals surface area (Å²) < 4.78 is 7.07. The molecule has 0 radical (unpaired) electrons. The second-order valence-corrected chi connectivity index (χ2v) is 11.0. The Morgan fingerprint density at radius 1 is 0.921 bits per heavy atom. The lowest BCUT2D eigenvalue weighted by atomic mass is 9.85. The van der Waals surface area contributed by atoms with Gasteiger partial charge in [-0.3, -0.25) is 4.79 Å². The van der Waals surface area contributed by atoms with Crippen LogP contribution in [0, 0.1) is 12.8 Å². The number of hydrazone groups is 1. The molecule has 7 heteroatoms. The average molecular weight is 632 g/mol. The molecule has 1 N–H and O–H groups in total. The Labute approximate surface area is 238 Å². The maximum Gasteiger partial charge on any atom is 0.343 e. The zero-order chi connectivity index (χ0) is 26.7. The van der Waals surface area contributed by atoms with Gasteiger partial charge in [0.15, 0.2) is 5.75 Å². The van der Waals surface area contributed by atoms with Gasteiger partial charge in [0.05, 0.1) is 22.2 Å². The summed E-state index contributed by atoms with van der Waals surface area (Å²) in [5.74, 6) is -0.588. The topological polar surface area (TPSA) is 67.8 Å². The number of amides is 1. The van der Waals surface area contributed by atoms with Crippen LogP contribution < -0.4 is 10.2 Å². The first-order valence-corrected chi connectivity index (χ1v) is 13.7. The largest absolute Gasteiger partial charge is 0.421 e. The maximum absolute atomic E-state index is 13.2. The number of nitrogens with one attached hydrogen (secondary N) is 1. The Hall–Kier alpha value is -3.55. The minimum Gasteiger partial charge on any atom is -0.421 e. The maximum atomic E-state index is 13.2. The van der Waals surface area contributed by atoms with E-state index in [-0.39, 0.29) is 17.2 Å². The van der Waals surface area contributed by atoms with E-state index >= 15 is 0 Å². The molecule has 5 rings (SSSR count). The first-order valence-electron chi connectivity index (χ1n) is 12.1. The first-order chi connectivity index (χ1) is 18.4. The highest BCUT2D eigenvalue weighted by Gasteiger charge is 2.60. The fourth-order valence-electron chi connectivity index (χ4n) is 4.81. The first kappa shape index (κ1) is 26.1. The van der Waals surface area contributed by atoms with E-state index in [1.54, 1.807) is 24.3 Å². The van der Waals surface area contributed by atoms with Crippen molar-refractivity contribution < 1.29 is 14.3 Å². The molecule has 0 heterocycles. The Balaban J connectivity index is 1.35. The molecule has 4 aromatic carbocycles. The number of benzene rings is 4. The molecule has 0 aliphatic heterocycles. The summed E-state index contributed by atoms with van der Waals surface area (Å²) in [6.45, 7) is 1.91. The summed E-state index contributed by atoms with van der Waals surface area (Å²) in [6.07, 6.45) is 2.19. The molecule has 4 aromatic rings. The van der Waals surface area contributed by atoms with Gasteiger partial charge >= 0.3 is 5.97 Å². The zero-order valence-electron chi connectivity index (χ0n) is 20.5. The highest BCUT2D eigenvalue weighted by atomic mass is 79.9. The van der Waals surface area contributed by atoms with Crippen LogP contribution in [0.1, 0.15) is 39.0 Å². The van der Waals surface area contributed by atoms with Crippen LogP contribution in [-0.2, 0) is 10.2 Å². The lowest BCUT2D eigenvalue weighted by Gasteiger charge is -2.18. The minimum atomic E-state index is -0.483. The number of ether oxygens (including phenoxy) is 1. The van der Waals surface area contributed by atoms with Crippen molar-refractivity contribution in [2.45, 2.75) is 18.8 Å². The molecule has 38 heavy (non-hydrogen) atoms. The van der Waals surface area contributed by atoms with Gasteiger partial charge in [0.1, 0.15) is 0 Å². The number of hydrogen-bond donors (Lipinski definition) is 1. The summed E-state index contributed by atoms with van der Waals surface area (Å²) >= 11 is 6.95. The molecule has 190 valence electrons. The predicted octanol–water partition coefficient (Wildman–Crippen LogP) is 7.20. The summed E-state index contributed by atoms with van der Waals surface area (Å²) in [5, 5.41) is 4.24. The van der Waals surface area contributed by atoms with Crippen molar-refractivity contribution in [1.82, 2.24) is 5.43 Å². The Morgan fingerprint density at radius 2 is 1.58 bits per heavy atom. The van der Waals surface area contributed by atoms with Crippen LogP contribution in [0.4, 0.5) is 0 Å². The molecule has 1 fully saturated rings. The van der Waals surface area contributed by atoms with Crippen LogP contribution in [-0.4, -0.2) is 18.1 Å². The third-order valence-electron chi connectivity index (χ3n) is 6.72. The Morgan fingerprint density at radius 3 is 2.21 bits per heavy atom. The SMILES string of the molecule is Cc1cccc(C(=O)Oc2c(Br)cc(Br)cc2/C=N\NC(=O)[C@H]2CC2(c2ccccc2)c2ccccc2)c1. The van der Waals surface area contributed by atoms with Crippen LogP contribution >= 0.6 is 31.9 Å². The van der Waals surface area contributed by atoms with Gasteiger partial charge in [0.25, 0.3) is 0 Å². The van der Waals surface area contributed by atoms with Crippen LogP contribution in [0.3, 0.4) is 0 Å². The van der Waals surface area contributed by atoms with Gasteiger partial charge in [-0.05, 0) is 64.7 Å². The second kappa shape index (κ2) is 11.1. The number of halogens is 2. The highest BCUT2D eigenvalue weighted by Crippen LogP contribution is 2.58. The fourth-order valence-corrected chi connectivity index (χ4v) is 6.15. The molecular weight excluding hydrogens is 608 g/mol. The molecule has 0 bridgehead atoms.